The van der Waals surface area contributed by atoms with Crippen LogP contribution in [0.4, 0.5) is 5.69 Å². The van der Waals surface area contributed by atoms with Crippen LogP contribution in [0.15, 0.2) is 82.6 Å². The Kier molecular flexibility index (Phi) is 5.66. The SMILES string of the molecule is Cc1ccc(S(=O)(=O)CC2CCN(S(=O)(=O)c3ccc(C)cc3)c3ccccc32)cc1. The molecule has 1 aliphatic rings. The fraction of sp³-hybridized carbons (Fsp3) is 0.250. The quantitative estimate of drug-likeness (QED) is 0.569. The lowest BCUT2D eigenvalue weighted by Crippen LogP contribution is -2.37. The van der Waals surface area contributed by atoms with Gasteiger partial charge in [0.1, 0.15) is 0 Å². The van der Waals surface area contributed by atoms with Crippen molar-refractivity contribution in [2.75, 3.05) is 16.6 Å². The van der Waals surface area contributed by atoms with Gasteiger partial charge in [0, 0.05) is 12.5 Å². The monoisotopic (exact) mass is 455 g/mol. The summed E-state index contributed by atoms with van der Waals surface area (Å²) >= 11 is 0. The molecule has 3 aromatic carbocycles. The molecule has 0 aromatic heterocycles. The summed E-state index contributed by atoms with van der Waals surface area (Å²) in [5, 5.41) is 0. The van der Waals surface area contributed by atoms with Crippen molar-refractivity contribution in [2.24, 2.45) is 0 Å². The molecule has 1 unspecified atom stereocenters. The van der Waals surface area contributed by atoms with Crippen LogP contribution in [0, 0.1) is 13.8 Å². The average Bonchev–Trinajstić information content (AvgIpc) is 2.74. The molecule has 0 amide bonds. The minimum absolute atomic E-state index is 0.0501. The van der Waals surface area contributed by atoms with E-state index in [4.69, 9.17) is 0 Å². The summed E-state index contributed by atoms with van der Waals surface area (Å²) in [6.45, 7) is 4.06. The number of hydrogen-bond donors (Lipinski definition) is 0. The Bertz CT molecular complexity index is 1300. The lowest BCUT2D eigenvalue weighted by Gasteiger charge is -2.35. The van der Waals surface area contributed by atoms with E-state index in [2.05, 4.69) is 0 Å². The number of para-hydroxylation sites is 1. The molecular formula is C24H25NO4S2. The van der Waals surface area contributed by atoms with Crippen molar-refractivity contribution in [2.45, 2.75) is 36.0 Å². The molecule has 5 nitrogen and oxygen atoms in total. The van der Waals surface area contributed by atoms with E-state index < -0.39 is 19.9 Å². The van der Waals surface area contributed by atoms with Crippen LogP contribution in [-0.2, 0) is 19.9 Å². The van der Waals surface area contributed by atoms with Crippen molar-refractivity contribution in [3.8, 4) is 0 Å². The molecule has 0 saturated carbocycles. The van der Waals surface area contributed by atoms with Crippen molar-refractivity contribution >= 4 is 25.5 Å². The summed E-state index contributed by atoms with van der Waals surface area (Å²) in [4.78, 5) is 0.531. The Morgan fingerprint density at radius 2 is 1.32 bits per heavy atom. The number of anilines is 1. The van der Waals surface area contributed by atoms with E-state index in [0.29, 0.717) is 17.0 Å². The lowest BCUT2D eigenvalue weighted by molar-refractivity contribution is 0.568. The van der Waals surface area contributed by atoms with Crippen molar-refractivity contribution in [1.29, 1.82) is 0 Å². The highest BCUT2D eigenvalue weighted by Crippen LogP contribution is 2.39. The van der Waals surface area contributed by atoms with Gasteiger partial charge in [-0.3, -0.25) is 4.31 Å². The van der Waals surface area contributed by atoms with Gasteiger partial charge in [-0.15, -0.1) is 0 Å². The maximum atomic E-state index is 13.3. The average molecular weight is 456 g/mol. The number of aryl methyl sites for hydroxylation is 2. The molecule has 1 aliphatic heterocycles. The third-order valence-electron chi connectivity index (χ3n) is 5.74. The van der Waals surface area contributed by atoms with E-state index in [1.807, 2.05) is 26.0 Å². The van der Waals surface area contributed by atoms with Gasteiger partial charge in [0.15, 0.2) is 9.84 Å². The first-order valence-electron chi connectivity index (χ1n) is 10.2. The Labute approximate surface area is 184 Å². The van der Waals surface area contributed by atoms with Crippen LogP contribution in [0.3, 0.4) is 0 Å². The van der Waals surface area contributed by atoms with Gasteiger partial charge in [-0.25, -0.2) is 16.8 Å². The molecule has 0 N–H and O–H groups in total. The van der Waals surface area contributed by atoms with Gasteiger partial charge in [0.2, 0.25) is 0 Å². The predicted octanol–water partition coefficient (Wildman–Crippen LogP) is 4.46. The van der Waals surface area contributed by atoms with Crippen molar-refractivity contribution in [1.82, 2.24) is 0 Å². The van der Waals surface area contributed by atoms with E-state index in [1.165, 1.54) is 4.31 Å². The summed E-state index contributed by atoms with van der Waals surface area (Å²) in [7, 11) is -7.23. The number of sulfonamides is 1. The van der Waals surface area contributed by atoms with Crippen molar-refractivity contribution in [3.63, 3.8) is 0 Å². The number of benzene rings is 3. The molecule has 1 heterocycles. The van der Waals surface area contributed by atoms with Gasteiger partial charge in [0.25, 0.3) is 10.0 Å². The summed E-state index contributed by atoms with van der Waals surface area (Å²) < 4.78 is 54.1. The minimum Gasteiger partial charge on any atom is -0.266 e. The van der Waals surface area contributed by atoms with E-state index in [1.54, 1.807) is 60.7 Å². The fourth-order valence-electron chi connectivity index (χ4n) is 3.98. The second-order valence-corrected chi connectivity index (χ2v) is 11.9. The van der Waals surface area contributed by atoms with E-state index >= 15 is 0 Å². The molecule has 1 atom stereocenters. The molecule has 0 saturated heterocycles. The number of rotatable bonds is 5. The van der Waals surface area contributed by atoms with Gasteiger partial charge in [0.05, 0.1) is 21.2 Å². The van der Waals surface area contributed by atoms with Crippen molar-refractivity contribution in [3.05, 3.63) is 89.5 Å². The van der Waals surface area contributed by atoms with E-state index in [9.17, 15) is 16.8 Å². The largest absolute Gasteiger partial charge is 0.266 e. The fourth-order valence-corrected chi connectivity index (χ4v) is 7.10. The molecule has 0 fully saturated rings. The van der Waals surface area contributed by atoms with Crippen LogP contribution >= 0.6 is 0 Å². The van der Waals surface area contributed by atoms with Gasteiger partial charge in [-0.05, 0) is 56.2 Å². The van der Waals surface area contributed by atoms with E-state index in [0.717, 1.165) is 16.7 Å². The first kappa shape index (κ1) is 21.6. The topological polar surface area (TPSA) is 71.5 Å². The molecule has 4 rings (SSSR count). The molecule has 3 aromatic rings. The highest BCUT2D eigenvalue weighted by atomic mass is 32.2. The number of fused-ring (bicyclic) bond motifs is 1. The van der Waals surface area contributed by atoms with Gasteiger partial charge in [-0.1, -0.05) is 53.6 Å². The Morgan fingerprint density at radius 3 is 1.94 bits per heavy atom. The molecule has 0 spiro atoms. The summed E-state index contributed by atoms with van der Waals surface area (Å²) in [5.74, 6) is -0.321. The number of nitrogens with zero attached hydrogens (tertiary/aromatic N) is 1. The summed E-state index contributed by atoms with van der Waals surface area (Å²) in [5.41, 5.74) is 3.29. The zero-order valence-electron chi connectivity index (χ0n) is 17.5. The zero-order valence-corrected chi connectivity index (χ0v) is 19.2. The van der Waals surface area contributed by atoms with Crippen LogP contribution in [0.5, 0.6) is 0 Å². The highest BCUT2D eigenvalue weighted by Gasteiger charge is 2.35. The molecular weight excluding hydrogens is 430 g/mol. The first-order chi connectivity index (χ1) is 14.7. The molecule has 0 bridgehead atoms. The summed E-state index contributed by atoms with van der Waals surface area (Å²) in [6.07, 6.45) is 0.438. The van der Waals surface area contributed by atoms with E-state index in [-0.39, 0.29) is 23.1 Å². The van der Waals surface area contributed by atoms with Crippen LogP contribution < -0.4 is 4.31 Å². The zero-order chi connectivity index (χ0) is 22.2. The second-order valence-electron chi connectivity index (χ2n) is 8.03. The molecule has 0 radical (unpaired) electrons. The second kappa shape index (κ2) is 8.13. The van der Waals surface area contributed by atoms with Crippen LogP contribution in [0.2, 0.25) is 0 Å². The molecule has 31 heavy (non-hydrogen) atoms. The van der Waals surface area contributed by atoms with Gasteiger partial charge < -0.3 is 0 Å². The highest BCUT2D eigenvalue weighted by molar-refractivity contribution is 7.93. The number of hydrogen-bond acceptors (Lipinski definition) is 4. The summed E-state index contributed by atoms with van der Waals surface area (Å²) in [6, 6.07) is 20.8. The smallest absolute Gasteiger partial charge is 0.264 e. The van der Waals surface area contributed by atoms with Gasteiger partial charge in [-0.2, -0.15) is 0 Å². The Hall–Kier alpha value is -2.64. The first-order valence-corrected chi connectivity index (χ1v) is 13.3. The standard InChI is InChI=1S/C24H25NO4S2/c1-18-7-11-21(12-8-18)30(26,27)17-20-15-16-25(24-6-4-3-5-23(20)24)31(28,29)22-13-9-19(2)10-14-22/h3-14,20H,15-17H2,1-2H3. The molecule has 0 aliphatic carbocycles. The minimum atomic E-state index is -3.73. The maximum Gasteiger partial charge on any atom is 0.264 e. The predicted molar refractivity (Wildman–Crippen MR) is 123 cm³/mol. The van der Waals surface area contributed by atoms with Crippen molar-refractivity contribution < 1.29 is 16.8 Å². The maximum absolute atomic E-state index is 13.3. The Morgan fingerprint density at radius 1 is 0.774 bits per heavy atom. The van der Waals surface area contributed by atoms with Crippen LogP contribution in [0.1, 0.15) is 29.0 Å². The molecule has 7 heteroatoms. The third kappa shape index (κ3) is 4.25. The molecule has 162 valence electrons. The lowest BCUT2D eigenvalue weighted by atomic mass is 9.93. The number of sulfone groups is 1. The van der Waals surface area contributed by atoms with Gasteiger partial charge >= 0.3 is 0 Å². The Balaban J connectivity index is 1.68. The third-order valence-corrected chi connectivity index (χ3v) is 9.39. The van der Waals surface area contributed by atoms with Crippen LogP contribution in [-0.4, -0.2) is 29.1 Å². The normalized spacial score (nSPS) is 16.7. The van der Waals surface area contributed by atoms with Crippen LogP contribution in [0.25, 0.3) is 0 Å².